The highest BCUT2D eigenvalue weighted by Crippen LogP contribution is 2.17. The van der Waals surface area contributed by atoms with Crippen LogP contribution >= 0.6 is 0 Å². The van der Waals surface area contributed by atoms with E-state index in [4.69, 9.17) is 5.11 Å². The average molecular weight is 331 g/mol. The molecule has 0 saturated heterocycles. The van der Waals surface area contributed by atoms with Crippen LogP contribution in [0.15, 0.2) is 6.07 Å². The molecule has 0 aromatic carbocycles. The van der Waals surface area contributed by atoms with Crippen molar-refractivity contribution in [3.05, 3.63) is 34.4 Å². The van der Waals surface area contributed by atoms with Gasteiger partial charge in [0.15, 0.2) is 0 Å². The van der Waals surface area contributed by atoms with Crippen LogP contribution in [0.25, 0.3) is 5.95 Å². The zero-order valence-corrected chi connectivity index (χ0v) is 14.4. The third-order valence-corrected chi connectivity index (χ3v) is 3.69. The second-order valence-corrected chi connectivity index (χ2v) is 5.82. The van der Waals surface area contributed by atoms with Gasteiger partial charge in [0.1, 0.15) is 6.04 Å². The lowest BCUT2D eigenvalue weighted by molar-refractivity contribution is -0.141. The highest BCUT2D eigenvalue weighted by atomic mass is 16.4. The molecule has 2 N–H and O–H groups in total. The molecule has 0 spiro atoms. The summed E-state index contributed by atoms with van der Waals surface area (Å²) in [6.45, 7) is 8.82. The van der Waals surface area contributed by atoms with E-state index in [0.717, 1.165) is 22.6 Å². The Morgan fingerprint density at radius 2 is 1.79 bits per heavy atom. The van der Waals surface area contributed by atoms with Gasteiger partial charge in [-0.1, -0.05) is 0 Å². The van der Waals surface area contributed by atoms with Crippen LogP contribution in [0.4, 0.5) is 0 Å². The van der Waals surface area contributed by atoms with Gasteiger partial charge in [-0.25, -0.2) is 14.6 Å². The quantitative estimate of drug-likeness (QED) is 0.846. The van der Waals surface area contributed by atoms with Gasteiger partial charge >= 0.3 is 5.97 Å². The van der Waals surface area contributed by atoms with Crippen LogP contribution in [0.2, 0.25) is 0 Å². The summed E-state index contributed by atoms with van der Waals surface area (Å²) < 4.78 is 1.61. The summed E-state index contributed by atoms with van der Waals surface area (Å²) in [5.74, 6) is -0.980. The van der Waals surface area contributed by atoms with Gasteiger partial charge in [-0.15, -0.1) is 0 Å². The monoisotopic (exact) mass is 331 g/mol. The smallest absolute Gasteiger partial charge is 0.325 e. The summed E-state index contributed by atoms with van der Waals surface area (Å²) in [5.41, 5.74) is 3.86. The molecular formula is C16H21N5O3. The van der Waals surface area contributed by atoms with Crippen molar-refractivity contribution < 1.29 is 14.7 Å². The molecule has 0 aliphatic heterocycles. The van der Waals surface area contributed by atoms with Crippen molar-refractivity contribution in [2.75, 3.05) is 0 Å². The topological polar surface area (TPSA) is 110 Å². The summed E-state index contributed by atoms with van der Waals surface area (Å²) in [4.78, 5) is 31.6. The lowest BCUT2D eigenvalue weighted by Crippen LogP contribution is -2.39. The van der Waals surface area contributed by atoms with Gasteiger partial charge < -0.3 is 10.4 Å². The Kier molecular flexibility index (Phi) is 4.96. The number of rotatable bonds is 5. The standard InChI is InChI=1S/C16H21N5O3/c1-8-6-9(2)18-16(17-8)21-12(5)13(10(3)20-21)7-14(22)19-11(4)15(23)24/h6,11H,7H2,1-5H3,(H,19,22)(H,23,24)/t11-/m0/s1. The zero-order valence-electron chi connectivity index (χ0n) is 14.4. The van der Waals surface area contributed by atoms with E-state index >= 15 is 0 Å². The number of amides is 1. The number of nitrogens with zero attached hydrogens (tertiary/aromatic N) is 4. The number of aromatic nitrogens is 4. The van der Waals surface area contributed by atoms with Gasteiger partial charge in [0.25, 0.3) is 5.95 Å². The van der Waals surface area contributed by atoms with Crippen molar-refractivity contribution >= 4 is 11.9 Å². The minimum absolute atomic E-state index is 0.0556. The molecule has 8 heteroatoms. The Bertz CT molecular complexity index is 777. The first-order valence-electron chi connectivity index (χ1n) is 7.59. The second-order valence-electron chi connectivity index (χ2n) is 5.82. The van der Waals surface area contributed by atoms with Crippen LogP contribution in [0.5, 0.6) is 0 Å². The number of aliphatic carboxylic acids is 1. The molecule has 0 radical (unpaired) electrons. The number of carbonyl (C=O) groups is 2. The molecule has 2 rings (SSSR count). The van der Waals surface area contributed by atoms with E-state index in [1.165, 1.54) is 6.92 Å². The van der Waals surface area contributed by atoms with Crippen molar-refractivity contribution in [3.63, 3.8) is 0 Å². The van der Waals surface area contributed by atoms with Crippen LogP contribution in [0.1, 0.15) is 35.3 Å². The Morgan fingerprint density at radius 3 is 2.33 bits per heavy atom. The fraction of sp³-hybridized carbons (Fsp3) is 0.438. The molecule has 1 amide bonds. The molecule has 24 heavy (non-hydrogen) atoms. The maximum absolute atomic E-state index is 12.0. The molecule has 0 bridgehead atoms. The summed E-state index contributed by atoms with van der Waals surface area (Å²) in [6.07, 6.45) is 0.0556. The van der Waals surface area contributed by atoms with Gasteiger partial charge in [-0.05, 0) is 40.7 Å². The largest absolute Gasteiger partial charge is 0.480 e. The molecule has 8 nitrogen and oxygen atoms in total. The fourth-order valence-corrected chi connectivity index (χ4v) is 2.44. The van der Waals surface area contributed by atoms with Crippen molar-refractivity contribution in [1.82, 2.24) is 25.1 Å². The van der Waals surface area contributed by atoms with E-state index in [1.54, 1.807) is 11.6 Å². The maximum atomic E-state index is 12.0. The molecule has 2 aromatic heterocycles. The van der Waals surface area contributed by atoms with Crippen LogP contribution in [0, 0.1) is 27.7 Å². The molecule has 0 unspecified atom stereocenters. The normalized spacial score (nSPS) is 12.0. The maximum Gasteiger partial charge on any atom is 0.325 e. The Labute approximate surface area is 139 Å². The van der Waals surface area contributed by atoms with E-state index in [0.29, 0.717) is 11.6 Å². The van der Waals surface area contributed by atoms with Gasteiger partial charge in [-0.2, -0.15) is 5.10 Å². The lowest BCUT2D eigenvalue weighted by Gasteiger charge is -2.09. The molecule has 2 aromatic rings. The molecule has 0 aliphatic rings. The number of hydrogen-bond donors (Lipinski definition) is 2. The predicted molar refractivity (Wildman–Crippen MR) is 87.0 cm³/mol. The number of nitrogens with one attached hydrogen (secondary N) is 1. The molecule has 1 atom stereocenters. The molecule has 0 aliphatic carbocycles. The summed E-state index contributed by atoms with van der Waals surface area (Å²) in [6, 6.07) is 0.938. The first kappa shape index (κ1) is 17.6. The van der Waals surface area contributed by atoms with E-state index in [2.05, 4.69) is 20.4 Å². The van der Waals surface area contributed by atoms with Gasteiger partial charge in [0, 0.05) is 22.6 Å². The number of carboxylic acids is 1. The highest BCUT2D eigenvalue weighted by Gasteiger charge is 2.20. The van der Waals surface area contributed by atoms with Crippen LogP contribution in [0.3, 0.4) is 0 Å². The SMILES string of the molecule is Cc1cc(C)nc(-n2nc(C)c(CC(=O)N[C@@H](C)C(=O)O)c2C)n1. The third kappa shape index (κ3) is 3.76. The molecule has 0 fully saturated rings. The second kappa shape index (κ2) is 6.77. The summed E-state index contributed by atoms with van der Waals surface area (Å²) in [7, 11) is 0. The number of hydrogen-bond acceptors (Lipinski definition) is 5. The van der Waals surface area contributed by atoms with E-state index < -0.39 is 12.0 Å². The Hall–Kier alpha value is -2.77. The molecular weight excluding hydrogens is 310 g/mol. The van der Waals surface area contributed by atoms with Gasteiger partial charge in [0.2, 0.25) is 5.91 Å². The van der Waals surface area contributed by atoms with Crippen molar-refractivity contribution in [2.45, 2.75) is 47.1 Å². The minimum atomic E-state index is -1.07. The predicted octanol–water partition coefficient (Wildman–Crippen LogP) is 1.03. The number of carbonyl (C=O) groups excluding carboxylic acids is 1. The van der Waals surface area contributed by atoms with Gasteiger partial charge in [0.05, 0.1) is 12.1 Å². The lowest BCUT2D eigenvalue weighted by atomic mass is 10.1. The number of aryl methyl sites for hydroxylation is 3. The zero-order chi connectivity index (χ0) is 18.0. The first-order valence-corrected chi connectivity index (χ1v) is 7.59. The number of carboxylic acid groups (broad SMARTS) is 1. The van der Waals surface area contributed by atoms with Crippen LogP contribution < -0.4 is 5.32 Å². The first-order chi connectivity index (χ1) is 11.2. The molecule has 2 heterocycles. The summed E-state index contributed by atoms with van der Waals surface area (Å²) >= 11 is 0. The summed E-state index contributed by atoms with van der Waals surface area (Å²) in [5, 5.41) is 15.7. The fourth-order valence-electron chi connectivity index (χ4n) is 2.44. The Balaban J connectivity index is 2.29. The molecule has 128 valence electrons. The third-order valence-electron chi connectivity index (χ3n) is 3.69. The van der Waals surface area contributed by atoms with Crippen LogP contribution in [-0.2, 0) is 16.0 Å². The van der Waals surface area contributed by atoms with Crippen LogP contribution in [-0.4, -0.2) is 42.8 Å². The minimum Gasteiger partial charge on any atom is -0.480 e. The Morgan fingerprint density at radius 1 is 1.21 bits per heavy atom. The van der Waals surface area contributed by atoms with Crippen molar-refractivity contribution in [2.24, 2.45) is 0 Å². The average Bonchev–Trinajstić information content (AvgIpc) is 2.74. The molecule has 0 saturated carbocycles. The van der Waals surface area contributed by atoms with E-state index in [9.17, 15) is 9.59 Å². The highest BCUT2D eigenvalue weighted by molar-refractivity contribution is 5.84. The van der Waals surface area contributed by atoms with E-state index in [1.807, 2.05) is 26.8 Å². The van der Waals surface area contributed by atoms with Crippen molar-refractivity contribution in [1.29, 1.82) is 0 Å². The van der Waals surface area contributed by atoms with Gasteiger partial charge in [-0.3, -0.25) is 9.59 Å². The van der Waals surface area contributed by atoms with Crippen molar-refractivity contribution in [3.8, 4) is 5.95 Å². The van der Waals surface area contributed by atoms with E-state index in [-0.39, 0.29) is 12.3 Å².